The fourth-order valence-corrected chi connectivity index (χ4v) is 3.21. The first kappa shape index (κ1) is 16.6. The zero-order valence-electron chi connectivity index (χ0n) is 13.7. The molecule has 21 heavy (non-hydrogen) atoms. The van der Waals surface area contributed by atoms with Crippen LogP contribution in [-0.2, 0) is 4.74 Å². The molecule has 2 fully saturated rings. The summed E-state index contributed by atoms with van der Waals surface area (Å²) in [5, 5.41) is 9.29. The summed E-state index contributed by atoms with van der Waals surface area (Å²) in [4.78, 5) is 16.0. The Morgan fingerprint density at radius 2 is 2.05 bits per heavy atom. The van der Waals surface area contributed by atoms with Crippen LogP contribution in [0, 0.1) is 5.92 Å². The maximum Gasteiger partial charge on any atom is 0.410 e. The largest absolute Gasteiger partial charge is 0.444 e. The summed E-state index contributed by atoms with van der Waals surface area (Å²) in [6, 6.07) is 0.379. The standard InChI is InChI=1S/C16H30N2O3/c1-16(2,3)21-15(20)18-10-13(11-18)6-4-8-17-9-5-7-14(17)12-19/h13-14,19H,4-12H2,1-3H3/t14-/m1/s1. The zero-order chi connectivity index (χ0) is 15.5. The fraction of sp³-hybridized carbons (Fsp3) is 0.938. The van der Waals surface area contributed by atoms with E-state index in [4.69, 9.17) is 4.74 Å². The lowest BCUT2D eigenvalue weighted by atomic mass is 9.95. The summed E-state index contributed by atoms with van der Waals surface area (Å²) in [6.07, 6.45) is 4.48. The Kier molecular flexibility index (Phi) is 5.49. The second-order valence-corrected chi connectivity index (χ2v) is 7.41. The van der Waals surface area contributed by atoms with Crippen molar-refractivity contribution in [2.75, 3.05) is 32.8 Å². The third kappa shape index (κ3) is 4.85. The fourth-order valence-electron chi connectivity index (χ4n) is 3.21. The van der Waals surface area contributed by atoms with Crippen molar-refractivity contribution in [3.8, 4) is 0 Å². The van der Waals surface area contributed by atoms with Crippen LogP contribution in [0.25, 0.3) is 0 Å². The number of aliphatic hydroxyl groups excluding tert-OH is 1. The highest BCUT2D eigenvalue weighted by Crippen LogP contribution is 2.24. The van der Waals surface area contributed by atoms with Crippen LogP contribution in [0.5, 0.6) is 0 Å². The van der Waals surface area contributed by atoms with Crippen LogP contribution in [0.1, 0.15) is 46.5 Å². The molecule has 5 nitrogen and oxygen atoms in total. The van der Waals surface area contributed by atoms with Crippen LogP contribution in [0.2, 0.25) is 0 Å². The normalized spacial score (nSPS) is 24.2. The molecular weight excluding hydrogens is 268 g/mol. The van der Waals surface area contributed by atoms with Gasteiger partial charge in [0.25, 0.3) is 0 Å². The minimum atomic E-state index is -0.406. The molecule has 2 aliphatic heterocycles. The van der Waals surface area contributed by atoms with Crippen molar-refractivity contribution in [2.24, 2.45) is 5.92 Å². The Bertz CT molecular complexity index is 348. The van der Waals surface area contributed by atoms with Gasteiger partial charge in [-0.1, -0.05) is 0 Å². The minimum absolute atomic E-state index is 0.182. The van der Waals surface area contributed by atoms with Gasteiger partial charge in [0.15, 0.2) is 0 Å². The van der Waals surface area contributed by atoms with Crippen molar-refractivity contribution in [3.05, 3.63) is 0 Å². The molecule has 5 heteroatoms. The average molecular weight is 298 g/mol. The van der Waals surface area contributed by atoms with Gasteiger partial charge in [0.1, 0.15) is 5.60 Å². The molecule has 0 aromatic rings. The highest BCUT2D eigenvalue weighted by atomic mass is 16.6. The van der Waals surface area contributed by atoms with E-state index in [1.807, 2.05) is 20.8 Å². The van der Waals surface area contributed by atoms with Crippen LogP contribution in [-0.4, -0.2) is 65.4 Å². The number of ether oxygens (including phenoxy) is 1. The highest BCUT2D eigenvalue weighted by Gasteiger charge is 2.33. The second-order valence-electron chi connectivity index (χ2n) is 7.41. The number of amides is 1. The molecule has 1 amide bonds. The van der Waals surface area contributed by atoms with E-state index in [9.17, 15) is 9.90 Å². The van der Waals surface area contributed by atoms with E-state index in [2.05, 4.69) is 4.90 Å². The molecule has 2 aliphatic rings. The first-order chi connectivity index (χ1) is 9.89. The van der Waals surface area contributed by atoms with Crippen molar-refractivity contribution in [3.63, 3.8) is 0 Å². The van der Waals surface area contributed by atoms with Crippen molar-refractivity contribution >= 4 is 6.09 Å². The number of hydrogen-bond acceptors (Lipinski definition) is 4. The van der Waals surface area contributed by atoms with Gasteiger partial charge in [-0.05, 0) is 65.5 Å². The van der Waals surface area contributed by atoms with Gasteiger partial charge in [0, 0.05) is 19.1 Å². The van der Waals surface area contributed by atoms with Crippen LogP contribution in [0.3, 0.4) is 0 Å². The van der Waals surface area contributed by atoms with E-state index < -0.39 is 5.60 Å². The Hall–Kier alpha value is -0.810. The predicted molar refractivity (Wildman–Crippen MR) is 82.2 cm³/mol. The van der Waals surface area contributed by atoms with Crippen molar-refractivity contribution in [1.82, 2.24) is 9.80 Å². The zero-order valence-corrected chi connectivity index (χ0v) is 13.7. The van der Waals surface area contributed by atoms with E-state index in [0.717, 1.165) is 45.4 Å². The van der Waals surface area contributed by atoms with Crippen molar-refractivity contribution in [2.45, 2.75) is 58.1 Å². The number of carbonyl (C=O) groups excluding carboxylic acids is 1. The summed E-state index contributed by atoms with van der Waals surface area (Å²) in [6.45, 7) is 9.85. The summed E-state index contributed by atoms with van der Waals surface area (Å²) < 4.78 is 5.36. The number of hydrogen-bond donors (Lipinski definition) is 1. The van der Waals surface area contributed by atoms with Gasteiger partial charge in [-0.15, -0.1) is 0 Å². The van der Waals surface area contributed by atoms with Gasteiger partial charge in [-0.25, -0.2) is 4.79 Å². The summed E-state index contributed by atoms with van der Waals surface area (Å²) in [5.74, 6) is 0.618. The molecule has 2 heterocycles. The molecule has 0 saturated carbocycles. The first-order valence-corrected chi connectivity index (χ1v) is 8.22. The maximum atomic E-state index is 11.8. The summed E-state index contributed by atoms with van der Waals surface area (Å²) >= 11 is 0. The molecule has 122 valence electrons. The molecule has 2 saturated heterocycles. The Morgan fingerprint density at radius 1 is 1.33 bits per heavy atom. The monoisotopic (exact) mass is 298 g/mol. The molecule has 0 bridgehead atoms. The van der Waals surface area contributed by atoms with Crippen molar-refractivity contribution in [1.29, 1.82) is 0 Å². The molecule has 0 spiro atoms. The van der Waals surface area contributed by atoms with Crippen molar-refractivity contribution < 1.29 is 14.6 Å². The quantitative estimate of drug-likeness (QED) is 0.844. The van der Waals surface area contributed by atoms with Crippen LogP contribution < -0.4 is 0 Å². The number of nitrogens with zero attached hydrogens (tertiary/aromatic N) is 2. The third-order valence-electron chi connectivity index (χ3n) is 4.38. The molecule has 0 aromatic carbocycles. The van der Waals surface area contributed by atoms with Gasteiger partial charge in [-0.2, -0.15) is 0 Å². The van der Waals surface area contributed by atoms with Crippen LogP contribution in [0.4, 0.5) is 4.79 Å². The van der Waals surface area contributed by atoms with E-state index >= 15 is 0 Å². The Balaban J connectivity index is 1.57. The molecule has 0 unspecified atom stereocenters. The van der Waals surface area contributed by atoms with Gasteiger partial charge in [0.05, 0.1) is 6.61 Å². The van der Waals surface area contributed by atoms with Gasteiger partial charge in [-0.3, -0.25) is 4.90 Å². The van der Waals surface area contributed by atoms with E-state index in [0.29, 0.717) is 12.0 Å². The average Bonchev–Trinajstić information content (AvgIpc) is 2.76. The molecule has 0 aromatic heterocycles. The van der Waals surface area contributed by atoms with Crippen LogP contribution >= 0.6 is 0 Å². The predicted octanol–water partition coefficient (Wildman–Crippen LogP) is 2.09. The molecule has 2 rings (SSSR count). The number of rotatable bonds is 5. The molecular formula is C16H30N2O3. The van der Waals surface area contributed by atoms with E-state index in [1.54, 1.807) is 4.90 Å². The molecule has 0 radical (unpaired) electrons. The minimum Gasteiger partial charge on any atom is -0.444 e. The SMILES string of the molecule is CC(C)(C)OC(=O)N1CC(CCCN2CCC[C@@H]2CO)C1. The van der Waals surface area contributed by atoms with Gasteiger partial charge >= 0.3 is 6.09 Å². The van der Waals surface area contributed by atoms with Crippen LogP contribution in [0.15, 0.2) is 0 Å². The number of carbonyl (C=O) groups is 1. The Morgan fingerprint density at radius 3 is 2.67 bits per heavy atom. The lowest BCUT2D eigenvalue weighted by Crippen LogP contribution is -2.51. The smallest absolute Gasteiger partial charge is 0.410 e. The van der Waals surface area contributed by atoms with E-state index in [1.165, 1.54) is 6.42 Å². The molecule has 0 aliphatic carbocycles. The number of aliphatic hydroxyl groups is 1. The summed E-state index contributed by atoms with van der Waals surface area (Å²) in [5.41, 5.74) is -0.406. The second kappa shape index (κ2) is 6.97. The number of likely N-dealkylation sites (tertiary alicyclic amines) is 2. The first-order valence-electron chi connectivity index (χ1n) is 8.22. The van der Waals surface area contributed by atoms with Gasteiger partial charge < -0.3 is 14.7 Å². The third-order valence-corrected chi connectivity index (χ3v) is 4.38. The van der Waals surface area contributed by atoms with E-state index in [-0.39, 0.29) is 12.7 Å². The topological polar surface area (TPSA) is 53.0 Å². The van der Waals surface area contributed by atoms with Gasteiger partial charge in [0.2, 0.25) is 0 Å². The lowest BCUT2D eigenvalue weighted by Gasteiger charge is -2.40. The summed E-state index contributed by atoms with van der Waals surface area (Å²) in [7, 11) is 0. The maximum absolute atomic E-state index is 11.8. The highest BCUT2D eigenvalue weighted by molar-refractivity contribution is 5.69. The lowest BCUT2D eigenvalue weighted by molar-refractivity contribution is -0.00279. The molecule has 1 atom stereocenters. The Labute approximate surface area is 128 Å². The molecule has 1 N–H and O–H groups in total.